The lowest BCUT2D eigenvalue weighted by Crippen LogP contribution is -2.14. The number of carbonyl (C=O) groups excluding carboxylic acids is 1. The minimum Gasteiger partial charge on any atom is -0.505 e. The Morgan fingerprint density at radius 3 is 1.99 bits per heavy atom. The first kappa shape index (κ1) is 51.8. The third kappa shape index (κ3) is 12.4. The molecular formula is C36H31N11O20S3. The minimum atomic E-state index is -4.92. The first-order chi connectivity index (χ1) is 33.6. The number of nitrogens with zero attached hydrogens (tertiary/aromatic N) is 8. The highest BCUT2D eigenvalue weighted by Gasteiger charge is 2.23. The molecule has 5 aromatic carbocycles. The molecule has 1 heterocycles. The van der Waals surface area contributed by atoms with Gasteiger partial charge >= 0.3 is 0 Å². The number of nitrogens with two attached hydrogens (primary N) is 1. The van der Waals surface area contributed by atoms with Gasteiger partial charge in [-0.2, -0.15) is 8.42 Å². The van der Waals surface area contributed by atoms with E-state index in [2.05, 4.69) is 59.5 Å². The number of primary amides is 1. The van der Waals surface area contributed by atoms with Crippen molar-refractivity contribution in [2.45, 2.75) is 14.7 Å². The lowest BCUT2D eigenvalue weighted by atomic mass is 10.1. The van der Waals surface area contributed by atoms with Crippen molar-refractivity contribution in [2.75, 3.05) is 31.9 Å². The molecule has 6 rings (SSSR count). The maximum atomic E-state index is 13.7. The summed E-state index contributed by atoms with van der Waals surface area (Å²) >= 11 is 0.647. The molecule has 0 bridgehead atoms. The van der Waals surface area contributed by atoms with E-state index in [-0.39, 0.29) is 85.1 Å². The second-order valence-electron chi connectivity index (χ2n) is 13.1. The highest BCUT2D eigenvalue weighted by atomic mass is 32.2. The zero-order valence-corrected chi connectivity index (χ0v) is 37.0. The molecule has 0 fully saturated rings. The van der Waals surface area contributed by atoms with E-state index >= 15 is 0 Å². The van der Waals surface area contributed by atoms with Crippen molar-refractivity contribution in [3.63, 3.8) is 0 Å². The zero-order chi connectivity index (χ0) is 50.5. The molecule has 0 unspecified atom stereocenters. The van der Waals surface area contributed by atoms with Crippen LogP contribution >= 0.6 is 24.1 Å². The number of phenolic OH excluding ortho intramolecular Hbond substituents is 1. The molecule has 31 nitrogen and oxygen atoms in total. The summed E-state index contributed by atoms with van der Waals surface area (Å²) in [7, 11) is -4.92. The van der Waals surface area contributed by atoms with Crippen LogP contribution in [0.5, 0.6) is 17.2 Å². The number of non-ortho nitro benzene ring substituents is 1. The van der Waals surface area contributed by atoms with Crippen molar-refractivity contribution in [1.82, 2.24) is 9.78 Å². The monoisotopic (exact) mass is 1030 g/mol. The predicted molar refractivity (Wildman–Crippen MR) is 236 cm³/mol. The molecule has 70 heavy (non-hydrogen) atoms. The normalized spacial score (nSPS) is 11.9. The number of phenols is 1. The molecule has 34 heteroatoms. The Morgan fingerprint density at radius 1 is 0.786 bits per heavy atom. The van der Waals surface area contributed by atoms with Gasteiger partial charge in [-0.3, -0.25) is 29.4 Å². The smallest absolute Gasteiger partial charge is 0.299 e. The van der Waals surface area contributed by atoms with Gasteiger partial charge in [-0.05, 0) is 53.9 Å². The molecule has 0 spiro atoms. The van der Waals surface area contributed by atoms with Crippen LogP contribution in [0.2, 0.25) is 0 Å². The number of carbonyl (C=O) groups is 1. The Bertz CT molecular complexity index is 3190. The van der Waals surface area contributed by atoms with Gasteiger partial charge in [0.05, 0.1) is 63.4 Å². The second-order valence-corrected chi connectivity index (χ2v) is 15.9. The lowest BCUT2D eigenvalue weighted by Gasteiger charge is -2.13. The number of azo groups is 3. The van der Waals surface area contributed by atoms with Crippen LogP contribution in [0.15, 0.2) is 123 Å². The summed E-state index contributed by atoms with van der Waals surface area (Å²) in [5.41, 5.74) is 3.83. The number of fused-ring (bicyclic) bond motifs is 1. The van der Waals surface area contributed by atoms with E-state index in [0.717, 1.165) is 35.0 Å². The van der Waals surface area contributed by atoms with Crippen LogP contribution in [0.4, 0.5) is 45.5 Å². The van der Waals surface area contributed by atoms with Crippen LogP contribution in [0.25, 0.3) is 16.5 Å². The largest absolute Gasteiger partial charge is 0.505 e. The summed E-state index contributed by atoms with van der Waals surface area (Å²) in [6.45, 7) is -1.62. The quantitative estimate of drug-likeness (QED) is 0.00732. The fraction of sp³-hybridized carbons (Fsp3) is 0.111. The topological polar surface area (TPSA) is 451 Å². The van der Waals surface area contributed by atoms with Gasteiger partial charge in [-0.25, -0.2) is 25.9 Å². The van der Waals surface area contributed by atoms with Crippen LogP contribution < -0.4 is 26.2 Å². The van der Waals surface area contributed by atoms with E-state index in [0.29, 0.717) is 24.1 Å². The number of hydrogen-bond acceptors (Lipinski definition) is 28. The average molecular weight is 1030 g/mol. The molecule has 368 valence electrons. The van der Waals surface area contributed by atoms with Gasteiger partial charge in [0.2, 0.25) is 0 Å². The molecule has 0 aliphatic carbocycles. The van der Waals surface area contributed by atoms with Gasteiger partial charge in [0.15, 0.2) is 17.1 Å². The number of ether oxygens (including phenoxy) is 2. The van der Waals surface area contributed by atoms with Crippen molar-refractivity contribution in [3.8, 4) is 22.9 Å². The number of anilines is 1. The van der Waals surface area contributed by atoms with E-state index in [4.69, 9.17) is 31.0 Å². The van der Waals surface area contributed by atoms with Gasteiger partial charge in [0.1, 0.15) is 58.0 Å². The van der Waals surface area contributed by atoms with Crippen LogP contribution in [0, 0.1) is 10.1 Å². The number of nitrogens with one attached hydrogen (secondary N) is 2. The first-order valence-electron chi connectivity index (χ1n) is 18.7. The van der Waals surface area contributed by atoms with E-state index in [9.17, 15) is 48.0 Å². The number of nitro groups is 1. The highest BCUT2D eigenvalue weighted by Crippen LogP contribution is 2.47. The number of aliphatic hydroxyl groups excluding tert-OH is 2. The summed E-state index contributed by atoms with van der Waals surface area (Å²) in [4.78, 5) is 39.6. The molecule has 11 N–H and O–H groups in total. The Labute approximate surface area is 396 Å². The summed E-state index contributed by atoms with van der Waals surface area (Å²) in [5, 5.41) is 102. The van der Waals surface area contributed by atoms with Crippen LogP contribution in [0.3, 0.4) is 0 Å². The number of H-pyrrole nitrogens is 1. The van der Waals surface area contributed by atoms with Crippen molar-refractivity contribution < 1.29 is 87.0 Å². The lowest BCUT2D eigenvalue weighted by molar-refractivity contribution is -0.432. The van der Waals surface area contributed by atoms with Crippen LogP contribution in [0.1, 0.15) is 10.5 Å². The standard InChI is InChI=1S/C36H31N11O20S3/c37-35(51)32-33(43-38-22-6-3-20(47(53)54)14-28(22)68-66-64-56)36(52)46(44-32)19-2-4-21-17(11-19)12-29(69-67-65-57)31(34(21)50)42-41-25-16-26(61-9-7-48)24(15-27(25)62-10-8-49)40-39-23-5-1-18(45-63-55)13-30(23)70(58,59)60/h1-6,11-16,44-45,48-50,55-57H,7-10H2,(H2,37,51)(H,58,59,60). The molecule has 0 aliphatic rings. The minimum absolute atomic E-state index is 0.0310. The van der Waals surface area contributed by atoms with E-state index in [1.54, 1.807) is 0 Å². The second kappa shape index (κ2) is 23.6. The number of nitro benzene ring substituents is 1. The fourth-order valence-electron chi connectivity index (χ4n) is 5.85. The SMILES string of the molecule is NC(=O)c1[nH]n(-c2ccc3c(O)c(N=Nc4cc(OCCO)c(N=Nc5ccc(NOO)cc5S(=O)(=O)O)cc4OCCO)c(SOOO)cc3c2)c(=O)c1N=Nc1ccc([N+](=O)[O-])cc1SOOO. The molecule has 0 radical (unpaired) electrons. The van der Waals surface area contributed by atoms with Crippen molar-refractivity contribution >= 4 is 96.4 Å². The molecule has 1 aromatic heterocycles. The van der Waals surface area contributed by atoms with E-state index in [1.807, 2.05) is 5.48 Å². The number of hydrogen-bond donors (Lipinski definition) is 10. The number of aromatic hydroxyl groups is 1. The van der Waals surface area contributed by atoms with Gasteiger partial charge in [-0.15, -0.1) is 44.3 Å². The van der Waals surface area contributed by atoms with Crippen molar-refractivity contribution in [3.05, 3.63) is 99.0 Å². The molecular weight excluding hydrogens is 1000 g/mol. The van der Waals surface area contributed by atoms with Gasteiger partial charge in [0.25, 0.3) is 27.3 Å². The van der Waals surface area contributed by atoms with Crippen LogP contribution in [-0.2, 0) is 33.9 Å². The number of benzene rings is 5. The van der Waals surface area contributed by atoms with E-state index < -0.39 is 67.4 Å². The Hall–Kier alpha value is -7.55. The summed E-state index contributed by atoms with van der Waals surface area (Å²) < 4.78 is 55.2. The molecule has 0 atom stereocenters. The number of rotatable bonds is 24. The Morgan fingerprint density at radius 2 is 1.39 bits per heavy atom. The zero-order valence-electron chi connectivity index (χ0n) is 34.6. The Balaban J connectivity index is 1.41. The Kier molecular flexibility index (Phi) is 17.5. The molecule has 0 saturated heterocycles. The third-order valence-corrected chi connectivity index (χ3v) is 10.9. The predicted octanol–water partition coefficient (Wildman–Crippen LogP) is 6.94. The highest BCUT2D eigenvalue weighted by molar-refractivity contribution is 7.95. The maximum absolute atomic E-state index is 13.7. The number of amides is 1. The summed E-state index contributed by atoms with van der Waals surface area (Å²) in [5.74, 6) is -1.99. The van der Waals surface area contributed by atoms with Crippen molar-refractivity contribution in [2.24, 2.45) is 36.4 Å². The summed E-state index contributed by atoms with van der Waals surface area (Å²) in [6, 6.07) is 14.2. The molecule has 0 aliphatic heterocycles. The van der Waals surface area contributed by atoms with E-state index in [1.165, 1.54) is 42.5 Å². The summed E-state index contributed by atoms with van der Waals surface area (Å²) in [6.07, 6.45) is 0. The fourth-order valence-corrected chi connectivity index (χ4v) is 7.47. The maximum Gasteiger partial charge on any atom is 0.299 e. The van der Waals surface area contributed by atoms with Gasteiger partial charge in [0, 0.05) is 29.7 Å². The van der Waals surface area contributed by atoms with Gasteiger partial charge < -0.3 is 30.5 Å². The number of aromatic amines is 1. The first-order valence-corrected chi connectivity index (χ1v) is 21.7. The molecule has 0 saturated carbocycles. The third-order valence-electron chi connectivity index (χ3n) is 8.79. The number of aliphatic hydroxyl groups is 2. The van der Waals surface area contributed by atoms with Gasteiger partial charge in [-0.1, -0.05) is 10.1 Å². The molecule has 1 amide bonds. The van der Waals surface area contributed by atoms with Crippen LogP contribution in [-0.4, -0.2) is 91.1 Å². The number of aromatic nitrogens is 2. The molecule has 6 aromatic rings. The van der Waals surface area contributed by atoms with Crippen molar-refractivity contribution in [1.29, 1.82) is 0 Å². The average Bonchev–Trinajstić information content (AvgIpc) is 3.67.